The lowest BCUT2D eigenvalue weighted by atomic mass is 10.1. The highest BCUT2D eigenvalue weighted by Gasteiger charge is 2.17. The average molecular weight is 345 g/mol. The number of hydrogen-bond donors (Lipinski definition) is 3. The molecule has 1 aromatic carbocycles. The maximum atomic E-state index is 11.8. The Balaban J connectivity index is 2.79. The number of halogens is 1. The first-order valence-electron chi connectivity index (χ1n) is 6.36. The van der Waals surface area contributed by atoms with Gasteiger partial charge in [0.05, 0.1) is 12.3 Å². The number of ether oxygens (including phenoxy) is 1. The van der Waals surface area contributed by atoms with Gasteiger partial charge < -0.3 is 15.6 Å². The molecule has 0 spiro atoms. The molecule has 0 aromatic heterocycles. The predicted molar refractivity (Wildman–Crippen MR) is 82.8 cm³/mol. The van der Waals surface area contributed by atoms with Gasteiger partial charge in [0.1, 0.15) is 5.60 Å². The second-order valence-electron chi connectivity index (χ2n) is 5.59. The Bertz CT molecular complexity index is 472. The highest BCUT2D eigenvalue weighted by Crippen LogP contribution is 2.25. The molecule has 112 valence electrons. The number of nitrogens with one attached hydrogen (secondary N) is 1. The highest BCUT2D eigenvalue weighted by molar-refractivity contribution is 9.10. The maximum Gasteiger partial charge on any atom is 0.412 e. The Morgan fingerprint density at radius 1 is 1.50 bits per heavy atom. The standard InChI is InChI=1S/C14H21BrN2O3/c1-14(2,3)20-13(19)17-12-7-9(4-5-11(12)15)6-10(16)8-18/h4-5,7,10,18H,6,8,16H2,1-3H3,(H,17,19). The molecule has 0 saturated carbocycles. The number of amides is 1. The van der Waals surface area contributed by atoms with Gasteiger partial charge in [0.2, 0.25) is 0 Å². The van der Waals surface area contributed by atoms with Crippen molar-refractivity contribution in [3.63, 3.8) is 0 Å². The number of rotatable bonds is 4. The summed E-state index contributed by atoms with van der Waals surface area (Å²) in [5.74, 6) is 0. The predicted octanol–water partition coefficient (Wildman–Crippen LogP) is 2.66. The quantitative estimate of drug-likeness (QED) is 0.783. The van der Waals surface area contributed by atoms with E-state index < -0.39 is 11.7 Å². The van der Waals surface area contributed by atoms with E-state index in [1.165, 1.54) is 0 Å². The third-order valence-corrected chi connectivity index (χ3v) is 3.09. The summed E-state index contributed by atoms with van der Waals surface area (Å²) in [6.07, 6.45) is 0.0223. The van der Waals surface area contributed by atoms with Crippen LogP contribution in [0.2, 0.25) is 0 Å². The lowest BCUT2D eigenvalue weighted by molar-refractivity contribution is 0.0636. The number of hydrogen-bond acceptors (Lipinski definition) is 4. The van der Waals surface area contributed by atoms with Gasteiger partial charge in [0, 0.05) is 10.5 Å². The first kappa shape index (κ1) is 16.9. The van der Waals surface area contributed by atoms with Gasteiger partial charge in [-0.3, -0.25) is 5.32 Å². The molecule has 5 nitrogen and oxygen atoms in total. The fraction of sp³-hybridized carbons (Fsp3) is 0.500. The summed E-state index contributed by atoms with van der Waals surface area (Å²) in [4.78, 5) is 11.8. The molecular weight excluding hydrogens is 324 g/mol. The van der Waals surface area contributed by atoms with Gasteiger partial charge in [0.15, 0.2) is 0 Å². The molecule has 1 unspecified atom stereocenters. The fourth-order valence-electron chi connectivity index (χ4n) is 1.58. The zero-order valence-electron chi connectivity index (χ0n) is 11.9. The monoisotopic (exact) mass is 344 g/mol. The number of aliphatic hydroxyl groups excluding tert-OH is 1. The van der Waals surface area contributed by atoms with E-state index >= 15 is 0 Å². The Morgan fingerprint density at radius 2 is 2.15 bits per heavy atom. The van der Waals surface area contributed by atoms with E-state index in [-0.39, 0.29) is 12.6 Å². The second-order valence-corrected chi connectivity index (χ2v) is 6.44. The van der Waals surface area contributed by atoms with Crippen LogP contribution in [0.3, 0.4) is 0 Å². The van der Waals surface area contributed by atoms with Crippen molar-refractivity contribution in [1.82, 2.24) is 0 Å². The van der Waals surface area contributed by atoms with Gasteiger partial charge in [0.25, 0.3) is 0 Å². The molecule has 4 N–H and O–H groups in total. The fourth-order valence-corrected chi connectivity index (χ4v) is 1.92. The molecule has 1 rings (SSSR count). The van der Waals surface area contributed by atoms with E-state index in [0.717, 1.165) is 10.0 Å². The summed E-state index contributed by atoms with van der Waals surface area (Å²) in [6.45, 7) is 5.33. The van der Waals surface area contributed by atoms with Crippen molar-refractivity contribution in [3.05, 3.63) is 28.2 Å². The van der Waals surface area contributed by atoms with Crippen LogP contribution in [0.1, 0.15) is 26.3 Å². The molecular formula is C14H21BrN2O3. The van der Waals surface area contributed by atoms with E-state index in [2.05, 4.69) is 21.2 Å². The van der Waals surface area contributed by atoms with Crippen molar-refractivity contribution < 1.29 is 14.6 Å². The van der Waals surface area contributed by atoms with Crippen molar-refractivity contribution in [2.24, 2.45) is 5.73 Å². The lowest BCUT2D eigenvalue weighted by Gasteiger charge is -2.20. The van der Waals surface area contributed by atoms with Crippen LogP contribution in [0.4, 0.5) is 10.5 Å². The van der Waals surface area contributed by atoms with Crippen molar-refractivity contribution >= 4 is 27.7 Å². The highest BCUT2D eigenvalue weighted by atomic mass is 79.9. The Morgan fingerprint density at radius 3 is 2.70 bits per heavy atom. The molecule has 1 amide bonds. The third-order valence-electron chi connectivity index (χ3n) is 2.40. The van der Waals surface area contributed by atoms with Crippen LogP contribution in [0.5, 0.6) is 0 Å². The topological polar surface area (TPSA) is 84.6 Å². The minimum atomic E-state index is -0.548. The van der Waals surface area contributed by atoms with Crippen LogP contribution < -0.4 is 11.1 Å². The van der Waals surface area contributed by atoms with Crippen LogP contribution in [-0.2, 0) is 11.2 Å². The summed E-state index contributed by atoms with van der Waals surface area (Å²) < 4.78 is 5.96. The van der Waals surface area contributed by atoms with Gasteiger partial charge >= 0.3 is 6.09 Å². The number of benzene rings is 1. The van der Waals surface area contributed by atoms with Gasteiger partial charge in [-0.2, -0.15) is 0 Å². The van der Waals surface area contributed by atoms with Crippen LogP contribution in [0.15, 0.2) is 22.7 Å². The summed E-state index contributed by atoms with van der Waals surface area (Å²) in [6, 6.07) is 5.21. The van der Waals surface area contributed by atoms with E-state index in [9.17, 15) is 4.79 Å². The molecule has 1 aromatic rings. The van der Waals surface area contributed by atoms with Crippen LogP contribution in [0, 0.1) is 0 Å². The summed E-state index contributed by atoms with van der Waals surface area (Å²) in [5.41, 5.74) is 6.70. The minimum absolute atomic E-state index is 0.0785. The zero-order valence-corrected chi connectivity index (χ0v) is 13.5. The molecule has 0 aliphatic heterocycles. The molecule has 0 saturated heterocycles. The first-order valence-corrected chi connectivity index (χ1v) is 7.15. The molecule has 0 aliphatic carbocycles. The van der Waals surface area contributed by atoms with Gasteiger partial charge in [-0.1, -0.05) is 6.07 Å². The van der Waals surface area contributed by atoms with Crippen molar-refractivity contribution in [2.75, 3.05) is 11.9 Å². The lowest BCUT2D eigenvalue weighted by Crippen LogP contribution is -2.28. The molecule has 0 bridgehead atoms. The van der Waals surface area contributed by atoms with E-state index in [1.807, 2.05) is 18.2 Å². The molecule has 0 aliphatic rings. The van der Waals surface area contributed by atoms with Crippen LogP contribution >= 0.6 is 15.9 Å². The number of aliphatic hydroxyl groups is 1. The SMILES string of the molecule is CC(C)(C)OC(=O)Nc1cc(CC(N)CO)ccc1Br. The normalized spacial score (nSPS) is 12.9. The summed E-state index contributed by atoms with van der Waals surface area (Å²) in [5, 5.41) is 11.7. The average Bonchev–Trinajstić information content (AvgIpc) is 2.30. The van der Waals surface area contributed by atoms with Crippen molar-refractivity contribution in [3.8, 4) is 0 Å². The molecule has 6 heteroatoms. The molecule has 0 heterocycles. The second kappa shape index (κ2) is 7.06. The van der Waals surface area contributed by atoms with E-state index in [1.54, 1.807) is 20.8 Å². The molecule has 0 fully saturated rings. The third kappa shape index (κ3) is 5.90. The van der Waals surface area contributed by atoms with Crippen molar-refractivity contribution in [2.45, 2.75) is 38.8 Å². The molecule has 20 heavy (non-hydrogen) atoms. The minimum Gasteiger partial charge on any atom is -0.444 e. The van der Waals surface area contributed by atoms with Gasteiger partial charge in [-0.25, -0.2) is 4.79 Å². The van der Waals surface area contributed by atoms with E-state index in [0.29, 0.717) is 12.1 Å². The molecule has 0 radical (unpaired) electrons. The van der Waals surface area contributed by atoms with Gasteiger partial charge in [-0.05, 0) is 60.8 Å². The zero-order chi connectivity index (χ0) is 15.3. The molecule has 1 atom stereocenters. The van der Waals surface area contributed by atoms with Crippen LogP contribution in [0.25, 0.3) is 0 Å². The number of nitrogens with two attached hydrogens (primary N) is 1. The van der Waals surface area contributed by atoms with Gasteiger partial charge in [-0.15, -0.1) is 0 Å². The van der Waals surface area contributed by atoms with E-state index in [4.69, 9.17) is 15.6 Å². The summed E-state index contributed by atoms with van der Waals surface area (Å²) >= 11 is 3.37. The van der Waals surface area contributed by atoms with Crippen molar-refractivity contribution in [1.29, 1.82) is 0 Å². The Kier molecular flexibility index (Phi) is 5.98. The Labute approximate surface area is 127 Å². The number of carbonyl (C=O) groups excluding carboxylic acids is 1. The first-order chi connectivity index (χ1) is 9.21. The van der Waals surface area contributed by atoms with Crippen LogP contribution in [-0.4, -0.2) is 29.4 Å². The summed E-state index contributed by atoms with van der Waals surface area (Å²) in [7, 11) is 0. The smallest absolute Gasteiger partial charge is 0.412 e. The number of carbonyl (C=O) groups is 1. The Hall–Kier alpha value is -1.11. The largest absolute Gasteiger partial charge is 0.444 e. The number of anilines is 1. The maximum absolute atomic E-state index is 11.8.